The maximum atomic E-state index is 13.7. The number of nitrogens with one attached hydrogen (secondary N) is 1. The van der Waals surface area contributed by atoms with Gasteiger partial charge in [-0.2, -0.15) is 5.21 Å². The van der Waals surface area contributed by atoms with Gasteiger partial charge in [0.05, 0.1) is 16.6 Å². The number of hydrogen-bond donors (Lipinski definition) is 1. The van der Waals surface area contributed by atoms with Crippen LogP contribution in [0, 0.1) is 6.92 Å². The summed E-state index contributed by atoms with van der Waals surface area (Å²) >= 11 is 0. The van der Waals surface area contributed by atoms with Crippen LogP contribution in [0.5, 0.6) is 0 Å². The van der Waals surface area contributed by atoms with Gasteiger partial charge < -0.3 is 4.57 Å². The number of aromatic amines is 1. The molecular formula is C29H27N7O. The van der Waals surface area contributed by atoms with Crippen molar-refractivity contribution in [3.05, 3.63) is 100 Å². The highest BCUT2D eigenvalue weighted by Crippen LogP contribution is 2.25. The van der Waals surface area contributed by atoms with Crippen LogP contribution in [0.3, 0.4) is 0 Å². The Kier molecular flexibility index (Phi) is 5.84. The van der Waals surface area contributed by atoms with E-state index < -0.39 is 0 Å². The number of hydrogen-bond acceptors (Lipinski definition) is 5. The van der Waals surface area contributed by atoms with E-state index in [9.17, 15) is 4.79 Å². The standard InChI is InChI=1S/C29H27N7O/c1-3-4-9-27-30-25-12-10-19(2)16-24(25)29(37)36(27)22-11-13-26-20(17-22)14-15-35(26)18-21-7-5-6-8-23(21)28-31-33-34-32-28/h5-8,10-17H,3-4,9,18H2,1-2H3,(H,31,32,33,34). The van der Waals surface area contributed by atoms with Gasteiger partial charge >= 0.3 is 0 Å². The van der Waals surface area contributed by atoms with Crippen molar-refractivity contribution >= 4 is 21.8 Å². The van der Waals surface area contributed by atoms with E-state index in [4.69, 9.17) is 4.98 Å². The van der Waals surface area contributed by atoms with E-state index in [-0.39, 0.29) is 5.56 Å². The Bertz CT molecular complexity index is 1780. The molecule has 3 heterocycles. The minimum Gasteiger partial charge on any atom is -0.343 e. The summed E-state index contributed by atoms with van der Waals surface area (Å²) in [6.07, 6.45) is 4.84. The molecule has 3 aromatic carbocycles. The SMILES string of the molecule is CCCCc1nc2ccc(C)cc2c(=O)n1-c1ccc2c(ccn2Cc2ccccc2-c2nn[nH]n2)c1. The number of tetrazole rings is 1. The molecule has 0 fully saturated rings. The highest BCUT2D eigenvalue weighted by molar-refractivity contribution is 5.83. The highest BCUT2D eigenvalue weighted by Gasteiger charge is 2.15. The van der Waals surface area contributed by atoms with Crippen molar-refractivity contribution in [3.8, 4) is 17.1 Å². The van der Waals surface area contributed by atoms with Crippen molar-refractivity contribution in [1.82, 2.24) is 34.7 Å². The van der Waals surface area contributed by atoms with E-state index in [0.29, 0.717) is 17.8 Å². The van der Waals surface area contributed by atoms with Gasteiger partial charge in [0, 0.05) is 35.6 Å². The van der Waals surface area contributed by atoms with E-state index in [2.05, 4.69) is 62.6 Å². The summed E-state index contributed by atoms with van der Waals surface area (Å²) < 4.78 is 3.99. The van der Waals surface area contributed by atoms with Crippen LogP contribution in [0.15, 0.2) is 77.7 Å². The van der Waals surface area contributed by atoms with Crippen LogP contribution in [0.1, 0.15) is 36.7 Å². The summed E-state index contributed by atoms with van der Waals surface area (Å²) in [5.74, 6) is 1.38. The first-order valence-electron chi connectivity index (χ1n) is 12.6. The molecule has 37 heavy (non-hydrogen) atoms. The van der Waals surface area contributed by atoms with Crippen molar-refractivity contribution < 1.29 is 0 Å². The lowest BCUT2D eigenvalue weighted by atomic mass is 10.1. The van der Waals surface area contributed by atoms with Gasteiger partial charge in [-0.1, -0.05) is 49.2 Å². The van der Waals surface area contributed by atoms with Gasteiger partial charge in [0.2, 0.25) is 5.82 Å². The van der Waals surface area contributed by atoms with Crippen LogP contribution in [0.2, 0.25) is 0 Å². The predicted octanol–water partition coefficient (Wildman–Crippen LogP) is 5.22. The Labute approximate surface area is 213 Å². The number of unbranched alkanes of at least 4 members (excludes halogenated alkanes) is 1. The lowest BCUT2D eigenvalue weighted by Crippen LogP contribution is -2.24. The van der Waals surface area contributed by atoms with E-state index in [1.165, 1.54) is 0 Å². The van der Waals surface area contributed by atoms with Crippen LogP contribution >= 0.6 is 0 Å². The second kappa shape index (κ2) is 9.46. The Balaban J connectivity index is 1.43. The van der Waals surface area contributed by atoms with E-state index in [1.54, 1.807) is 4.57 Å². The van der Waals surface area contributed by atoms with Crippen molar-refractivity contribution in [2.45, 2.75) is 39.7 Å². The molecule has 0 aliphatic heterocycles. The number of rotatable bonds is 7. The first-order valence-corrected chi connectivity index (χ1v) is 12.6. The number of aromatic nitrogens is 7. The molecule has 0 saturated heterocycles. The molecule has 6 aromatic rings. The molecule has 0 amide bonds. The average molecular weight is 490 g/mol. The number of aryl methyl sites for hydroxylation is 2. The molecule has 0 aliphatic rings. The Hall–Kier alpha value is -4.59. The maximum Gasteiger partial charge on any atom is 0.265 e. The van der Waals surface area contributed by atoms with E-state index >= 15 is 0 Å². The fourth-order valence-corrected chi connectivity index (χ4v) is 4.91. The molecule has 0 saturated carbocycles. The number of H-pyrrole nitrogens is 1. The van der Waals surface area contributed by atoms with Gasteiger partial charge in [-0.05, 0) is 60.5 Å². The molecule has 0 atom stereocenters. The van der Waals surface area contributed by atoms with Gasteiger partial charge in [0.15, 0.2) is 0 Å². The quantitative estimate of drug-likeness (QED) is 0.332. The summed E-state index contributed by atoms with van der Waals surface area (Å²) in [5.41, 5.74) is 5.74. The van der Waals surface area contributed by atoms with Crippen molar-refractivity contribution in [2.24, 2.45) is 0 Å². The monoisotopic (exact) mass is 489 g/mol. The first kappa shape index (κ1) is 22.8. The third kappa shape index (κ3) is 4.20. The third-order valence-corrected chi connectivity index (χ3v) is 6.80. The topological polar surface area (TPSA) is 94.3 Å². The number of fused-ring (bicyclic) bond motifs is 2. The molecule has 0 aliphatic carbocycles. The molecule has 0 spiro atoms. The van der Waals surface area contributed by atoms with Gasteiger partial charge in [-0.3, -0.25) is 9.36 Å². The summed E-state index contributed by atoms with van der Waals surface area (Å²) in [6.45, 7) is 4.81. The molecule has 184 valence electrons. The molecule has 8 nitrogen and oxygen atoms in total. The second-order valence-electron chi connectivity index (χ2n) is 9.37. The Morgan fingerprint density at radius 2 is 1.89 bits per heavy atom. The molecule has 3 aromatic heterocycles. The zero-order valence-corrected chi connectivity index (χ0v) is 20.8. The first-order chi connectivity index (χ1) is 18.1. The summed E-state index contributed by atoms with van der Waals surface area (Å²) in [6, 6.07) is 22.2. The summed E-state index contributed by atoms with van der Waals surface area (Å²) in [4.78, 5) is 18.6. The second-order valence-corrected chi connectivity index (χ2v) is 9.37. The van der Waals surface area contributed by atoms with Gasteiger partial charge in [-0.25, -0.2) is 4.98 Å². The molecule has 8 heteroatoms. The average Bonchev–Trinajstić information content (AvgIpc) is 3.59. The van der Waals surface area contributed by atoms with Crippen LogP contribution in [0.4, 0.5) is 0 Å². The minimum atomic E-state index is -0.0207. The third-order valence-electron chi connectivity index (χ3n) is 6.80. The number of nitrogens with zero attached hydrogens (tertiary/aromatic N) is 6. The summed E-state index contributed by atoms with van der Waals surface area (Å²) in [5, 5.41) is 16.3. The van der Waals surface area contributed by atoms with Crippen LogP contribution in [-0.4, -0.2) is 34.7 Å². The van der Waals surface area contributed by atoms with E-state index in [0.717, 1.165) is 63.9 Å². The lowest BCUT2D eigenvalue weighted by Gasteiger charge is -2.15. The van der Waals surface area contributed by atoms with Crippen molar-refractivity contribution in [1.29, 1.82) is 0 Å². The van der Waals surface area contributed by atoms with Crippen molar-refractivity contribution in [3.63, 3.8) is 0 Å². The van der Waals surface area contributed by atoms with Crippen LogP contribution in [-0.2, 0) is 13.0 Å². The molecule has 1 N–H and O–H groups in total. The van der Waals surface area contributed by atoms with Crippen LogP contribution in [0.25, 0.3) is 38.9 Å². The normalized spacial score (nSPS) is 11.5. The molecule has 0 unspecified atom stereocenters. The van der Waals surface area contributed by atoms with Gasteiger partial charge in [-0.15, -0.1) is 10.2 Å². The largest absolute Gasteiger partial charge is 0.343 e. The molecule has 6 rings (SSSR count). The van der Waals surface area contributed by atoms with Gasteiger partial charge in [0.1, 0.15) is 5.82 Å². The van der Waals surface area contributed by atoms with E-state index in [1.807, 2.05) is 49.4 Å². The minimum absolute atomic E-state index is 0.0207. The zero-order valence-electron chi connectivity index (χ0n) is 20.8. The molecule has 0 bridgehead atoms. The molecule has 0 radical (unpaired) electrons. The smallest absolute Gasteiger partial charge is 0.265 e. The highest BCUT2D eigenvalue weighted by atomic mass is 16.1. The van der Waals surface area contributed by atoms with Crippen LogP contribution < -0.4 is 5.56 Å². The van der Waals surface area contributed by atoms with Crippen molar-refractivity contribution in [2.75, 3.05) is 0 Å². The Morgan fingerprint density at radius 1 is 1.00 bits per heavy atom. The predicted molar refractivity (Wildman–Crippen MR) is 145 cm³/mol. The summed E-state index contributed by atoms with van der Waals surface area (Å²) in [7, 11) is 0. The Morgan fingerprint density at radius 3 is 2.73 bits per heavy atom. The zero-order chi connectivity index (χ0) is 25.4. The molecular weight excluding hydrogens is 462 g/mol. The van der Waals surface area contributed by atoms with Gasteiger partial charge in [0.25, 0.3) is 5.56 Å². The fourth-order valence-electron chi connectivity index (χ4n) is 4.91. The fraction of sp³-hybridized carbons (Fsp3) is 0.207. The lowest BCUT2D eigenvalue weighted by molar-refractivity contribution is 0.721. The maximum absolute atomic E-state index is 13.7. The number of benzene rings is 3.